The Hall–Kier alpha value is -1.66. The zero-order valence-electron chi connectivity index (χ0n) is 6.77. The van der Waals surface area contributed by atoms with Crippen LogP contribution >= 0.6 is 0 Å². The molecule has 0 radical (unpaired) electrons. The fraction of sp³-hybridized carbons (Fsp3) is 0.667. The van der Waals surface area contributed by atoms with E-state index in [2.05, 4.69) is 5.29 Å². The van der Waals surface area contributed by atoms with Crippen molar-refractivity contribution in [1.29, 1.82) is 0 Å². The normalized spacial score (nSPS) is 21.2. The quantitative estimate of drug-likeness (QED) is 0.461. The van der Waals surface area contributed by atoms with Crippen LogP contribution in [0.1, 0.15) is 6.42 Å². The topological polar surface area (TPSA) is 99.1 Å². The van der Waals surface area contributed by atoms with E-state index >= 15 is 0 Å². The van der Waals surface area contributed by atoms with Crippen molar-refractivity contribution in [2.75, 3.05) is 13.1 Å². The van der Waals surface area contributed by atoms with Crippen LogP contribution in [-0.4, -0.2) is 35.1 Å². The molecule has 72 valence electrons. The van der Waals surface area contributed by atoms with Crippen molar-refractivity contribution in [2.45, 2.75) is 6.42 Å². The van der Waals surface area contributed by atoms with Crippen LogP contribution in [0.2, 0.25) is 0 Å². The third-order valence-electron chi connectivity index (χ3n) is 1.99. The fourth-order valence-corrected chi connectivity index (χ4v) is 1.28. The molecule has 0 aromatic carbocycles. The predicted octanol–water partition coefficient (Wildman–Crippen LogP) is -0.216. The van der Waals surface area contributed by atoms with E-state index in [1.165, 1.54) is 0 Å². The Morgan fingerprint density at radius 1 is 1.54 bits per heavy atom. The molecule has 0 aliphatic carbocycles. The number of carbonyl (C=O) groups excluding carboxylic acids is 1. The summed E-state index contributed by atoms with van der Waals surface area (Å²) in [5.41, 5.74) is 1.76. The molecule has 0 aromatic heterocycles. The van der Waals surface area contributed by atoms with E-state index in [9.17, 15) is 14.5 Å². The second-order valence-corrected chi connectivity index (χ2v) is 2.78. The van der Waals surface area contributed by atoms with E-state index in [-0.39, 0.29) is 6.54 Å². The molecular weight excluding hydrogens is 178 g/mol. The molecule has 7 nitrogen and oxygen atoms in total. The predicted molar refractivity (Wildman–Crippen MR) is 41.6 cm³/mol. The maximum Gasteiger partial charge on any atom is 0.407 e. The third-order valence-corrected chi connectivity index (χ3v) is 1.99. The standard InChI is InChI=1S/C6H9N3O4/c10-5(7-8-13)4-1-2-9(3-4)6(11)12/h4H,1-3H2,(H,11,12)(H,7,10,13). The lowest BCUT2D eigenvalue weighted by atomic mass is 10.1. The lowest BCUT2D eigenvalue weighted by Gasteiger charge is -2.10. The number of hydrogen-bond donors (Lipinski definition) is 2. The van der Waals surface area contributed by atoms with Crippen LogP contribution in [0.25, 0.3) is 0 Å². The minimum atomic E-state index is -1.05. The Kier molecular flexibility index (Phi) is 2.78. The van der Waals surface area contributed by atoms with Crippen molar-refractivity contribution in [3.63, 3.8) is 0 Å². The summed E-state index contributed by atoms with van der Waals surface area (Å²) >= 11 is 0. The molecule has 0 spiro atoms. The smallest absolute Gasteiger partial charge is 0.407 e. The highest BCUT2D eigenvalue weighted by Gasteiger charge is 2.30. The minimum absolute atomic E-state index is 0.136. The van der Waals surface area contributed by atoms with Crippen LogP contribution in [0.3, 0.4) is 0 Å². The van der Waals surface area contributed by atoms with Crippen LogP contribution in [-0.2, 0) is 4.79 Å². The summed E-state index contributed by atoms with van der Waals surface area (Å²) < 4.78 is 0. The van der Waals surface area contributed by atoms with E-state index in [1.54, 1.807) is 5.43 Å². The Morgan fingerprint density at radius 2 is 2.23 bits per heavy atom. The van der Waals surface area contributed by atoms with E-state index < -0.39 is 17.9 Å². The summed E-state index contributed by atoms with van der Waals surface area (Å²) in [6.07, 6.45) is -0.609. The molecule has 1 unspecified atom stereocenters. The third kappa shape index (κ3) is 2.14. The number of carbonyl (C=O) groups is 2. The zero-order chi connectivity index (χ0) is 9.84. The lowest BCUT2D eigenvalue weighted by Crippen LogP contribution is -2.31. The molecule has 1 saturated heterocycles. The monoisotopic (exact) mass is 187 g/mol. The Balaban J connectivity index is 2.44. The molecule has 0 saturated carbocycles. The van der Waals surface area contributed by atoms with Crippen molar-refractivity contribution < 1.29 is 14.7 Å². The van der Waals surface area contributed by atoms with Gasteiger partial charge in [0.1, 0.15) is 0 Å². The summed E-state index contributed by atoms with van der Waals surface area (Å²) in [6.45, 7) is 0.461. The molecular formula is C6H9N3O4. The highest BCUT2D eigenvalue weighted by Crippen LogP contribution is 2.15. The van der Waals surface area contributed by atoms with Gasteiger partial charge in [-0.1, -0.05) is 0 Å². The molecule has 7 heteroatoms. The van der Waals surface area contributed by atoms with Crippen molar-refractivity contribution in [2.24, 2.45) is 11.2 Å². The molecule has 1 rings (SSSR count). The van der Waals surface area contributed by atoms with Gasteiger partial charge < -0.3 is 10.0 Å². The SMILES string of the molecule is O=NNC(=O)C1CCN(C(=O)O)C1. The number of nitroso groups, excluding NO2 is 1. The maximum absolute atomic E-state index is 11.0. The minimum Gasteiger partial charge on any atom is -0.465 e. The molecule has 1 atom stereocenters. The van der Waals surface area contributed by atoms with Gasteiger partial charge in [0.15, 0.2) is 0 Å². The van der Waals surface area contributed by atoms with Gasteiger partial charge in [-0.05, 0) is 6.42 Å². The first-order valence-electron chi connectivity index (χ1n) is 3.75. The number of rotatable bonds is 2. The Labute approximate surface area is 73.6 Å². The largest absolute Gasteiger partial charge is 0.465 e. The van der Waals surface area contributed by atoms with Gasteiger partial charge in [-0.25, -0.2) is 10.2 Å². The van der Waals surface area contributed by atoms with Crippen LogP contribution in [0.4, 0.5) is 4.79 Å². The summed E-state index contributed by atoms with van der Waals surface area (Å²) in [4.78, 5) is 32.2. The van der Waals surface area contributed by atoms with Crippen molar-refractivity contribution >= 4 is 12.0 Å². The van der Waals surface area contributed by atoms with Crippen LogP contribution < -0.4 is 5.43 Å². The molecule has 1 aliphatic heterocycles. The van der Waals surface area contributed by atoms with Crippen LogP contribution in [0, 0.1) is 10.8 Å². The average molecular weight is 187 g/mol. The van der Waals surface area contributed by atoms with Crippen molar-refractivity contribution in [1.82, 2.24) is 10.3 Å². The highest BCUT2D eigenvalue weighted by atomic mass is 16.4. The van der Waals surface area contributed by atoms with Crippen LogP contribution in [0.15, 0.2) is 5.29 Å². The number of hydrogen-bond acceptors (Lipinski definition) is 4. The Bertz CT molecular complexity index is 242. The van der Waals surface area contributed by atoms with E-state index in [1.807, 2.05) is 0 Å². The molecule has 1 aliphatic rings. The highest BCUT2D eigenvalue weighted by molar-refractivity contribution is 5.79. The molecule has 2 amide bonds. The van der Waals surface area contributed by atoms with Gasteiger partial charge in [0, 0.05) is 13.1 Å². The van der Waals surface area contributed by atoms with Gasteiger partial charge in [-0.2, -0.15) is 0 Å². The lowest BCUT2D eigenvalue weighted by molar-refractivity contribution is -0.124. The number of likely N-dealkylation sites (tertiary alicyclic amines) is 1. The van der Waals surface area contributed by atoms with E-state index in [4.69, 9.17) is 5.11 Å². The van der Waals surface area contributed by atoms with Gasteiger partial charge in [-0.3, -0.25) is 4.79 Å². The van der Waals surface area contributed by atoms with E-state index in [0.717, 1.165) is 4.90 Å². The van der Waals surface area contributed by atoms with E-state index in [0.29, 0.717) is 13.0 Å². The number of nitrogens with one attached hydrogen (secondary N) is 1. The summed E-state index contributed by atoms with van der Waals surface area (Å²) in [5, 5.41) is 10.8. The molecule has 0 bridgehead atoms. The van der Waals surface area contributed by atoms with Gasteiger partial charge in [0.2, 0.25) is 5.91 Å². The summed E-state index contributed by atoms with van der Waals surface area (Å²) in [5.74, 6) is -0.965. The number of nitrogens with zero attached hydrogens (tertiary/aromatic N) is 2. The van der Waals surface area contributed by atoms with Gasteiger partial charge >= 0.3 is 6.09 Å². The first-order chi connectivity index (χ1) is 6.15. The van der Waals surface area contributed by atoms with Gasteiger partial charge in [0.25, 0.3) is 0 Å². The average Bonchev–Trinajstić information content (AvgIpc) is 2.52. The summed E-state index contributed by atoms with van der Waals surface area (Å²) in [7, 11) is 0. The summed E-state index contributed by atoms with van der Waals surface area (Å²) in [6, 6.07) is 0. The molecule has 0 aromatic rings. The van der Waals surface area contributed by atoms with Crippen LogP contribution in [0.5, 0.6) is 0 Å². The van der Waals surface area contributed by atoms with Gasteiger partial charge in [-0.15, -0.1) is 4.91 Å². The number of amides is 2. The molecule has 13 heavy (non-hydrogen) atoms. The second-order valence-electron chi connectivity index (χ2n) is 2.78. The van der Waals surface area contributed by atoms with Crippen molar-refractivity contribution in [3.05, 3.63) is 4.91 Å². The first kappa shape index (κ1) is 9.43. The molecule has 2 N–H and O–H groups in total. The molecule has 1 fully saturated rings. The molecule has 1 heterocycles. The maximum atomic E-state index is 11.0. The number of carboxylic acid groups (broad SMARTS) is 1. The second kappa shape index (κ2) is 3.83. The first-order valence-corrected chi connectivity index (χ1v) is 3.75. The fourth-order valence-electron chi connectivity index (χ4n) is 1.28. The van der Waals surface area contributed by atoms with Crippen molar-refractivity contribution in [3.8, 4) is 0 Å². The zero-order valence-corrected chi connectivity index (χ0v) is 6.77. The van der Waals surface area contributed by atoms with Gasteiger partial charge in [0.05, 0.1) is 11.2 Å². The Morgan fingerprint density at radius 3 is 2.69 bits per heavy atom.